The van der Waals surface area contributed by atoms with Crippen LogP contribution in [-0.2, 0) is 0 Å². The number of hydrogen-bond acceptors (Lipinski definition) is 17. The minimum absolute atomic E-state index is 0.0106. The van der Waals surface area contributed by atoms with Crippen molar-refractivity contribution in [3.63, 3.8) is 0 Å². The van der Waals surface area contributed by atoms with Crippen LogP contribution in [0, 0.1) is 0 Å². The second-order valence-corrected chi connectivity index (χ2v) is 20.2. The average Bonchev–Trinajstić information content (AvgIpc) is 3.65. The Labute approximate surface area is 475 Å². The van der Waals surface area contributed by atoms with Crippen LogP contribution in [-0.4, -0.2) is 224 Å². The van der Waals surface area contributed by atoms with E-state index < -0.39 is 76.3 Å². The molecule has 14 N–H and O–H groups in total. The second kappa shape index (κ2) is 30.5. The smallest absolute Gasteiger partial charge is 0.255 e. The highest BCUT2D eigenvalue weighted by molar-refractivity contribution is 6.06. The lowest BCUT2D eigenvalue weighted by molar-refractivity contribution is 0.0897. The molecule has 4 heterocycles. The van der Waals surface area contributed by atoms with Crippen LogP contribution in [0.3, 0.4) is 0 Å². The van der Waals surface area contributed by atoms with Gasteiger partial charge in [0.15, 0.2) is 0 Å². The van der Waals surface area contributed by atoms with E-state index in [-0.39, 0.29) is 149 Å². The second-order valence-electron chi connectivity index (χ2n) is 20.2. The van der Waals surface area contributed by atoms with Crippen LogP contribution in [0.2, 0.25) is 0 Å². The van der Waals surface area contributed by atoms with Crippen LogP contribution in [0.1, 0.15) is 109 Å². The molecular formula is C57H75N13O12. The number of hydrogen-bond donors (Lipinski definition) is 13. The Morgan fingerprint density at radius 1 is 0.354 bits per heavy atom. The van der Waals surface area contributed by atoms with Crippen molar-refractivity contribution in [3.05, 3.63) is 117 Å². The Bertz CT molecular complexity index is 2940. The normalized spacial score (nSPS) is 22.2. The van der Waals surface area contributed by atoms with Crippen LogP contribution in [0.25, 0.3) is 0 Å². The maximum Gasteiger partial charge on any atom is 0.255 e. The Kier molecular flexibility index (Phi) is 22.8. The quantitative estimate of drug-likeness (QED) is 0.116. The summed E-state index contributed by atoms with van der Waals surface area (Å²) in [6.45, 7) is 3.50. The summed E-state index contributed by atoms with van der Waals surface area (Å²) in [5.41, 5.74) is 4.88. The molecule has 5 atom stereocenters. The van der Waals surface area contributed by atoms with Crippen molar-refractivity contribution in [2.75, 3.05) is 131 Å². The lowest BCUT2D eigenvalue weighted by Gasteiger charge is -2.31. The number of nitrogens with one attached hydrogen (secondary N) is 8. The van der Waals surface area contributed by atoms with Crippen LogP contribution in [0.5, 0.6) is 23.0 Å². The van der Waals surface area contributed by atoms with Gasteiger partial charge in [0.1, 0.15) is 23.0 Å². The molecule has 4 aliphatic heterocycles. The van der Waals surface area contributed by atoms with Gasteiger partial charge in [-0.25, -0.2) is 0 Å². The molecule has 8 amide bonds. The number of carbonyl (C=O) groups excluding carboxylic acids is 8. The first-order chi connectivity index (χ1) is 39.6. The van der Waals surface area contributed by atoms with E-state index in [9.17, 15) is 58.8 Å². The molecule has 0 radical (unpaired) electrons. The highest BCUT2D eigenvalue weighted by Gasteiger charge is 2.27. The van der Waals surface area contributed by atoms with Gasteiger partial charge in [0.25, 0.3) is 47.3 Å². The maximum atomic E-state index is 14.2. The Morgan fingerprint density at radius 3 is 0.939 bits per heavy atom. The number of aromatic hydroxyl groups is 4. The number of nitrogens with zero attached hydrogens (tertiary/aromatic N) is 4. The predicted molar refractivity (Wildman–Crippen MR) is 303 cm³/mol. The number of nitrogens with two attached hydrogens (primary N) is 1. The van der Waals surface area contributed by atoms with Crippen molar-refractivity contribution in [2.24, 2.45) is 5.73 Å². The topological polar surface area (TPSA) is 353 Å². The first-order valence-electron chi connectivity index (χ1n) is 27.8. The van der Waals surface area contributed by atoms with Gasteiger partial charge in [-0.3, -0.25) is 53.1 Å². The molecule has 4 aliphatic rings. The zero-order valence-electron chi connectivity index (χ0n) is 45.9. The number of rotatable bonds is 4. The van der Waals surface area contributed by atoms with E-state index in [1.807, 2.05) is 19.6 Å². The molecule has 0 saturated heterocycles. The van der Waals surface area contributed by atoms with Gasteiger partial charge in [-0.15, -0.1) is 0 Å². The molecule has 25 nitrogen and oxygen atoms in total. The molecule has 0 aliphatic carbocycles. The van der Waals surface area contributed by atoms with Gasteiger partial charge in [-0.1, -0.05) is 30.7 Å². The summed E-state index contributed by atoms with van der Waals surface area (Å²) in [7, 11) is 0. The number of phenolic OH excluding ortho intramolecular Hbond substituents is 4. The largest absolute Gasteiger partial charge is 0.506 e. The number of para-hydroxylation sites is 4. The van der Waals surface area contributed by atoms with Crippen molar-refractivity contribution in [1.29, 1.82) is 0 Å². The molecule has 0 fully saturated rings. The fraction of sp³-hybridized carbons (Fsp3) is 0.439. The van der Waals surface area contributed by atoms with Crippen LogP contribution in [0.15, 0.2) is 72.8 Å². The zero-order valence-corrected chi connectivity index (χ0v) is 45.9. The number of fused-ring (bicyclic) bond motifs is 16. The van der Waals surface area contributed by atoms with Gasteiger partial charge in [-0.2, -0.15) is 0 Å². The molecule has 5 unspecified atom stereocenters. The minimum Gasteiger partial charge on any atom is -0.506 e. The van der Waals surface area contributed by atoms with E-state index in [0.29, 0.717) is 51.9 Å². The van der Waals surface area contributed by atoms with Gasteiger partial charge < -0.3 is 73.6 Å². The number of phenols is 4. The van der Waals surface area contributed by atoms with Crippen molar-refractivity contribution in [3.8, 4) is 23.0 Å². The fourth-order valence-corrected chi connectivity index (χ4v) is 9.96. The predicted octanol–water partition coefficient (Wildman–Crippen LogP) is -0.415. The summed E-state index contributed by atoms with van der Waals surface area (Å²) in [6, 6.07) is 16.6. The third kappa shape index (κ3) is 16.9. The van der Waals surface area contributed by atoms with Crippen molar-refractivity contribution >= 4 is 47.3 Å². The summed E-state index contributed by atoms with van der Waals surface area (Å²) in [5, 5.41) is 68.5. The molecule has 4 aromatic carbocycles. The summed E-state index contributed by atoms with van der Waals surface area (Å²) in [6.07, 6.45) is 2.01. The van der Waals surface area contributed by atoms with E-state index in [1.165, 1.54) is 72.8 Å². The third-order valence-electron chi connectivity index (χ3n) is 14.6. The van der Waals surface area contributed by atoms with Crippen LogP contribution < -0.4 is 48.3 Å². The molecular weight excluding hydrogens is 1060 g/mol. The van der Waals surface area contributed by atoms with Crippen molar-refractivity contribution in [1.82, 2.24) is 62.1 Å². The molecule has 25 heteroatoms. The van der Waals surface area contributed by atoms with Gasteiger partial charge in [0.05, 0.1) is 44.5 Å². The van der Waals surface area contributed by atoms with E-state index in [2.05, 4.69) is 42.5 Å². The maximum absolute atomic E-state index is 14.2. The van der Waals surface area contributed by atoms with Crippen LogP contribution in [0.4, 0.5) is 0 Å². The summed E-state index contributed by atoms with van der Waals surface area (Å²) in [5.74, 6) is -7.20. The molecule has 4 aromatic rings. The lowest BCUT2D eigenvalue weighted by Crippen LogP contribution is -2.49. The van der Waals surface area contributed by atoms with E-state index in [1.54, 1.807) is 0 Å². The SMILES string of the molecule is NCCCCC1CN2CCNC(=O)c3cccc(c3O)C(=O)NCCN(CCNC(=O)c3cccc(c3O)C(=O)N1)CCN1CCCNC(=O)c3cccc(c3O)C(=O)NCCN(CCNC(=O)c3cccc(c3O)C(=O)NCC1)CC2. The molecule has 0 saturated carbocycles. The fourth-order valence-electron chi connectivity index (χ4n) is 9.96. The number of unbranched alkanes of at least 4 members (excludes halogenated alkanes) is 1. The molecule has 440 valence electrons. The monoisotopic (exact) mass is 1130 g/mol. The molecule has 0 aromatic heterocycles. The van der Waals surface area contributed by atoms with E-state index in [0.717, 1.165) is 0 Å². The Balaban J connectivity index is 1.32. The van der Waals surface area contributed by atoms with Gasteiger partial charge in [-0.05, 0) is 80.9 Å². The van der Waals surface area contributed by atoms with Gasteiger partial charge >= 0.3 is 0 Å². The van der Waals surface area contributed by atoms with Crippen LogP contribution >= 0.6 is 0 Å². The van der Waals surface area contributed by atoms with Gasteiger partial charge in [0, 0.05) is 124 Å². The first-order valence-corrected chi connectivity index (χ1v) is 27.8. The lowest BCUT2D eigenvalue weighted by atomic mass is 10.0. The molecule has 12 bridgehead atoms. The summed E-state index contributed by atoms with van der Waals surface area (Å²) in [4.78, 5) is 118. The Morgan fingerprint density at radius 2 is 0.622 bits per heavy atom. The van der Waals surface area contributed by atoms with E-state index in [4.69, 9.17) is 5.73 Å². The molecule has 8 rings (SSSR count). The summed E-state index contributed by atoms with van der Waals surface area (Å²) >= 11 is 0. The summed E-state index contributed by atoms with van der Waals surface area (Å²) < 4.78 is 0. The molecule has 0 spiro atoms. The first kappa shape index (κ1) is 61.3. The third-order valence-corrected chi connectivity index (χ3v) is 14.6. The average molecular weight is 1130 g/mol. The number of amides is 8. The number of benzene rings is 4. The van der Waals surface area contributed by atoms with Crippen molar-refractivity contribution in [2.45, 2.75) is 31.7 Å². The molecule has 82 heavy (non-hydrogen) atoms. The minimum atomic E-state index is -0.654. The standard InChI is InChI=1S/C57H75N13O12/c58-17-2-1-8-37-36-70-31-24-65-55(80)43-14-5-13-42(48(43)73)53(78)61-20-27-68(28-21-64-56(81)44-15-6-16-45(49(44)74)57(82)66-37)33-32-67-25-7-18-59-50(75)38-9-3-10-39(46(38)71)52(77)62-22-29-69(34-35-70)30-23-63-54(79)41-12-4-11-40(47(41)72)51(76)60-19-26-67/h3-6,9-16,37,71-74H,1-2,7-8,17-36,58H2,(H,59,75)(H,60,76)(H,61,78)(H,62,77)(H,63,79)(H,64,81)(H,65,80)(H,66,82). The number of carbonyl (C=O) groups is 8. The van der Waals surface area contributed by atoms with Gasteiger partial charge in [0.2, 0.25) is 0 Å². The highest BCUT2D eigenvalue weighted by atomic mass is 16.3. The highest BCUT2D eigenvalue weighted by Crippen LogP contribution is 2.26. The van der Waals surface area contributed by atoms with Crippen molar-refractivity contribution < 1.29 is 58.8 Å². The van der Waals surface area contributed by atoms with E-state index >= 15 is 0 Å². The zero-order chi connectivity index (χ0) is 58.5. The Hall–Kier alpha value is -8.36.